The maximum Gasteiger partial charge on any atom is 0.306 e. The Balaban J connectivity index is 0.00000144. The molecule has 2 rings (SSSR count). The highest BCUT2D eigenvalue weighted by Gasteiger charge is 2.27. The first-order valence-corrected chi connectivity index (χ1v) is 6.03. The van der Waals surface area contributed by atoms with Gasteiger partial charge in [-0.05, 0) is 43.2 Å². The number of hydrogen-bond donors (Lipinski definition) is 1. The van der Waals surface area contributed by atoms with Crippen LogP contribution in [0.4, 0.5) is 0 Å². The molecule has 1 saturated carbocycles. The first kappa shape index (κ1) is 14.3. The zero-order valence-corrected chi connectivity index (χ0v) is 11.0. The molecule has 0 aliphatic heterocycles. The molecule has 0 atom stereocenters. The fourth-order valence-corrected chi connectivity index (χ4v) is 2.75. The second kappa shape index (κ2) is 6.27. The van der Waals surface area contributed by atoms with Crippen molar-refractivity contribution in [1.82, 2.24) is 0 Å². The predicted octanol–water partition coefficient (Wildman–Crippen LogP) is 4.12. The van der Waals surface area contributed by atoms with Crippen molar-refractivity contribution in [3.8, 4) is 0 Å². The van der Waals surface area contributed by atoms with Gasteiger partial charge >= 0.3 is 5.97 Å². The van der Waals surface area contributed by atoms with Crippen LogP contribution >= 0.6 is 24.0 Å². The Kier molecular flexibility index (Phi) is 5.29. The highest BCUT2D eigenvalue weighted by atomic mass is 35.5. The molecule has 1 aromatic rings. The molecule has 0 radical (unpaired) electrons. The molecule has 0 saturated heterocycles. The summed E-state index contributed by atoms with van der Waals surface area (Å²) in [5.41, 5.74) is 1.17. The first-order chi connectivity index (χ1) is 7.68. The maximum absolute atomic E-state index is 10.8. The van der Waals surface area contributed by atoms with Gasteiger partial charge in [0.2, 0.25) is 0 Å². The lowest BCUT2D eigenvalue weighted by atomic mass is 9.79. The molecule has 1 fully saturated rings. The van der Waals surface area contributed by atoms with E-state index in [4.69, 9.17) is 16.7 Å². The number of halogens is 2. The number of hydrogen-bond acceptors (Lipinski definition) is 1. The average Bonchev–Trinajstić information content (AvgIpc) is 2.30. The normalized spacial score (nSPS) is 23.8. The van der Waals surface area contributed by atoms with Crippen LogP contribution in [0.2, 0.25) is 5.02 Å². The minimum Gasteiger partial charge on any atom is -0.481 e. The van der Waals surface area contributed by atoms with Gasteiger partial charge in [0.15, 0.2) is 0 Å². The SMILES string of the molecule is Cl.O=C(O)C1CCC(c2ccccc2Cl)CC1. The van der Waals surface area contributed by atoms with Gasteiger partial charge in [-0.2, -0.15) is 0 Å². The van der Waals surface area contributed by atoms with E-state index in [0.717, 1.165) is 30.7 Å². The van der Waals surface area contributed by atoms with Gasteiger partial charge in [0.25, 0.3) is 0 Å². The quantitative estimate of drug-likeness (QED) is 0.881. The van der Waals surface area contributed by atoms with Gasteiger partial charge in [-0.15, -0.1) is 12.4 Å². The largest absolute Gasteiger partial charge is 0.481 e. The Morgan fingerprint density at radius 2 is 1.76 bits per heavy atom. The van der Waals surface area contributed by atoms with Crippen LogP contribution in [0.15, 0.2) is 24.3 Å². The lowest BCUT2D eigenvalue weighted by Crippen LogP contribution is -2.20. The van der Waals surface area contributed by atoms with Crippen molar-refractivity contribution in [2.75, 3.05) is 0 Å². The molecule has 1 aromatic carbocycles. The van der Waals surface area contributed by atoms with Crippen LogP contribution in [0.25, 0.3) is 0 Å². The predicted molar refractivity (Wildman–Crippen MR) is 71.0 cm³/mol. The molecule has 0 heterocycles. The second-order valence-corrected chi connectivity index (χ2v) is 4.82. The number of carboxylic acid groups (broad SMARTS) is 1. The van der Waals surface area contributed by atoms with Crippen molar-refractivity contribution < 1.29 is 9.90 Å². The van der Waals surface area contributed by atoms with Crippen molar-refractivity contribution >= 4 is 30.0 Å². The first-order valence-electron chi connectivity index (χ1n) is 5.65. The molecule has 2 nitrogen and oxygen atoms in total. The topological polar surface area (TPSA) is 37.3 Å². The Bertz CT molecular complexity index is 385. The second-order valence-electron chi connectivity index (χ2n) is 4.41. The zero-order chi connectivity index (χ0) is 11.5. The van der Waals surface area contributed by atoms with Gasteiger partial charge in [-0.3, -0.25) is 4.79 Å². The Hall–Kier alpha value is -0.730. The number of carboxylic acids is 1. The third kappa shape index (κ3) is 3.36. The third-order valence-electron chi connectivity index (χ3n) is 3.42. The summed E-state index contributed by atoms with van der Waals surface area (Å²) in [6.45, 7) is 0. The van der Waals surface area contributed by atoms with Crippen LogP contribution in [0.3, 0.4) is 0 Å². The van der Waals surface area contributed by atoms with Gasteiger partial charge in [0, 0.05) is 5.02 Å². The van der Waals surface area contributed by atoms with Gasteiger partial charge in [0.1, 0.15) is 0 Å². The number of aliphatic carboxylic acids is 1. The highest BCUT2D eigenvalue weighted by Crippen LogP contribution is 2.38. The van der Waals surface area contributed by atoms with Crippen molar-refractivity contribution in [3.05, 3.63) is 34.9 Å². The lowest BCUT2D eigenvalue weighted by Gasteiger charge is -2.26. The fraction of sp³-hybridized carbons (Fsp3) is 0.462. The summed E-state index contributed by atoms with van der Waals surface area (Å²) >= 11 is 6.14. The maximum atomic E-state index is 10.8. The van der Waals surface area contributed by atoms with Gasteiger partial charge in [-0.1, -0.05) is 29.8 Å². The van der Waals surface area contributed by atoms with E-state index >= 15 is 0 Å². The van der Waals surface area contributed by atoms with Crippen molar-refractivity contribution in [1.29, 1.82) is 0 Å². The van der Waals surface area contributed by atoms with Gasteiger partial charge < -0.3 is 5.11 Å². The van der Waals surface area contributed by atoms with Crippen LogP contribution in [0.1, 0.15) is 37.2 Å². The monoisotopic (exact) mass is 274 g/mol. The fourth-order valence-electron chi connectivity index (χ4n) is 2.46. The van der Waals surface area contributed by atoms with E-state index in [9.17, 15) is 4.79 Å². The van der Waals surface area contributed by atoms with E-state index in [1.165, 1.54) is 5.56 Å². The molecule has 1 aliphatic carbocycles. The summed E-state index contributed by atoms with van der Waals surface area (Å²) in [6.07, 6.45) is 3.40. The molecule has 0 spiro atoms. The van der Waals surface area contributed by atoms with Crippen LogP contribution in [-0.4, -0.2) is 11.1 Å². The van der Waals surface area contributed by atoms with E-state index in [1.807, 2.05) is 24.3 Å². The van der Waals surface area contributed by atoms with E-state index in [0.29, 0.717) is 5.92 Å². The van der Waals surface area contributed by atoms with E-state index in [1.54, 1.807) is 0 Å². The van der Waals surface area contributed by atoms with Crippen molar-refractivity contribution in [2.24, 2.45) is 5.92 Å². The number of carbonyl (C=O) groups is 1. The lowest BCUT2D eigenvalue weighted by molar-refractivity contribution is -0.142. The summed E-state index contributed by atoms with van der Waals surface area (Å²) in [5.74, 6) is -0.374. The molecule has 1 aliphatic rings. The molecule has 0 unspecified atom stereocenters. The summed E-state index contributed by atoms with van der Waals surface area (Å²) < 4.78 is 0. The molecule has 94 valence electrons. The number of benzene rings is 1. The molecular weight excluding hydrogens is 259 g/mol. The van der Waals surface area contributed by atoms with Crippen LogP contribution in [-0.2, 0) is 4.79 Å². The minimum atomic E-state index is -0.655. The molecule has 17 heavy (non-hydrogen) atoms. The zero-order valence-electron chi connectivity index (χ0n) is 9.43. The smallest absolute Gasteiger partial charge is 0.306 e. The Labute approximate surface area is 112 Å². The summed E-state index contributed by atoms with van der Waals surface area (Å²) in [5, 5.41) is 9.73. The van der Waals surface area contributed by atoms with Crippen LogP contribution in [0.5, 0.6) is 0 Å². The molecular formula is C13H16Cl2O2. The molecule has 0 aromatic heterocycles. The van der Waals surface area contributed by atoms with Crippen molar-refractivity contribution in [3.63, 3.8) is 0 Å². The molecule has 0 amide bonds. The summed E-state index contributed by atoms with van der Waals surface area (Å²) in [6, 6.07) is 7.87. The van der Waals surface area contributed by atoms with E-state index < -0.39 is 5.97 Å². The standard InChI is InChI=1S/C13H15ClO2.ClH/c14-12-4-2-1-3-11(12)9-5-7-10(8-6-9)13(15)16;/h1-4,9-10H,5-8H2,(H,15,16);1H. The minimum absolute atomic E-state index is 0. The third-order valence-corrected chi connectivity index (χ3v) is 3.77. The van der Waals surface area contributed by atoms with Crippen LogP contribution < -0.4 is 0 Å². The molecule has 4 heteroatoms. The van der Waals surface area contributed by atoms with Crippen molar-refractivity contribution in [2.45, 2.75) is 31.6 Å². The van der Waals surface area contributed by atoms with E-state index in [-0.39, 0.29) is 18.3 Å². The Morgan fingerprint density at radius 1 is 1.18 bits per heavy atom. The number of rotatable bonds is 2. The average molecular weight is 275 g/mol. The highest BCUT2D eigenvalue weighted by molar-refractivity contribution is 6.31. The summed E-state index contributed by atoms with van der Waals surface area (Å²) in [7, 11) is 0. The van der Waals surface area contributed by atoms with Gasteiger partial charge in [0.05, 0.1) is 5.92 Å². The molecule has 1 N–H and O–H groups in total. The summed E-state index contributed by atoms with van der Waals surface area (Å²) in [4.78, 5) is 10.8. The molecule has 0 bridgehead atoms. The Morgan fingerprint density at radius 3 is 2.29 bits per heavy atom. The van der Waals surface area contributed by atoms with E-state index in [2.05, 4.69) is 0 Å². The van der Waals surface area contributed by atoms with Gasteiger partial charge in [-0.25, -0.2) is 0 Å². The van der Waals surface area contributed by atoms with Crippen LogP contribution in [0, 0.1) is 5.92 Å².